The molecule has 110 valence electrons. The Morgan fingerprint density at radius 3 is 2.70 bits per heavy atom. The van der Waals surface area contributed by atoms with E-state index in [9.17, 15) is 14.9 Å². The summed E-state index contributed by atoms with van der Waals surface area (Å²) in [5.41, 5.74) is 5.00. The van der Waals surface area contributed by atoms with Crippen LogP contribution in [0.15, 0.2) is 18.2 Å². The van der Waals surface area contributed by atoms with E-state index in [0.717, 1.165) is 6.42 Å². The van der Waals surface area contributed by atoms with Crippen molar-refractivity contribution < 1.29 is 14.5 Å². The number of nitrogens with two attached hydrogens (primary N) is 1. The maximum absolute atomic E-state index is 12.0. The number of nitro benzene ring substituents is 1. The standard InChI is InChI=1S/C13H19N3O4/c1-4-7-13(2,14)12(17)15-9-5-6-11(20-3)10(8-9)16(18)19/h5-6,8H,4,7,14H2,1-3H3,(H,15,17). The summed E-state index contributed by atoms with van der Waals surface area (Å²) in [6.45, 7) is 3.56. The molecule has 0 fully saturated rings. The van der Waals surface area contributed by atoms with Crippen molar-refractivity contribution in [3.63, 3.8) is 0 Å². The van der Waals surface area contributed by atoms with Crippen LogP contribution in [0.5, 0.6) is 5.75 Å². The number of carbonyl (C=O) groups excluding carboxylic acids is 1. The van der Waals surface area contributed by atoms with Gasteiger partial charge in [0, 0.05) is 11.8 Å². The van der Waals surface area contributed by atoms with Crippen molar-refractivity contribution in [2.45, 2.75) is 32.2 Å². The van der Waals surface area contributed by atoms with Gasteiger partial charge in [-0.1, -0.05) is 13.3 Å². The van der Waals surface area contributed by atoms with Crippen LogP contribution < -0.4 is 15.8 Å². The van der Waals surface area contributed by atoms with Gasteiger partial charge in [-0.3, -0.25) is 14.9 Å². The molecule has 1 unspecified atom stereocenters. The van der Waals surface area contributed by atoms with Crippen LogP contribution in [0.3, 0.4) is 0 Å². The van der Waals surface area contributed by atoms with E-state index < -0.39 is 10.5 Å². The van der Waals surface area contributed by atoms with E-state index in [2.05, 4.69) is 5.32 Å². The van der Waals surface area contributed by atoms with E-state index in [1.54, 1.807) is 6.92 Å². The highest BCUT2D eigenvalue weighted by atomic mass is 16.6. The highest BCUT2D eigenvalue weighted by Gasteiger charge is 2.27. The van der Waals surface area contributed by atoms with E-state index in [1.807, 2.05) is 6.92 Å². The molecule has 0 radical (unpaired) electrons. The first kappa shape index (κ1) is 15.9. The number of hydrogen-bond donors (Lipinski definition) is 2. The van der Waals surface area contributed by atoms with Gasteiger partial charge in [0.05, 0.1) is 17.6 Å². The monoisotopic (exact) mass is 281 g/mol. The first-order valence-corrected chi connectivity index (χ1v) is 6.24. The number of amides is 1. The number of nitro groups is 1. The molecule has 1 aromatic rings. The summed E-state index contributed by atoms with van der Waals surface area (Å²) in [5, 5.41) is 13.5. The minimum absolute atomic E-state index is 0.136. The van der Waals surface area contributed by atoms with Crippen molar-refractivity contribution in [1.29, 1.82) is 0 Å². The molecule has 0 aliphatic carbocycles. The Hall–Kier alpha value is -2.15. The molecule has 0 spiro atoms. The Morgan fingerprint density at radius 2 is 2.20 bits per heavy atom. The molecule has 7 heteroatoms. The minimum atomic E-state index is -1.01. The SMILES string of the molecule is CCCC(C)(N)C(=O)Nc1ccc(OC)c([N+](=O)[O-])c1. The topological polar surface area (TPSA) is 107 Å². The van der Waals surface area contributed by atoms with Crippen LogP contribution >= 0.6 is 0 Å². The number of anilines is 1. The number of rotatable bonds is 6. The number of benzene rings is 1. The molecule has 1 rings (SSSR count). The van der Waals surface area contributed by atoms with Gasteiger partial charge in [-0.2, -0.15) is 0 Å². The lowest BCUT2D eigenvalue weighted by Gasteiger charge is -2.22. The van der Waals surface area contributed by atoms with E-state index in [0.29, 0.717) is 12.1 Å². The molecule has 3 N–H and O–H groups in total. The van der Waals surface area contributed by atoms with E-state index >= 15 is 0 Å². The normalized spacial score (nSPS) is 13.4. The molecule has 0 saturated heterocycles. The first-order chi connectivity index (χ1) is 9.31. The first-order valence-electron chi connectivity index (χ1n) is 6.24. The summed E-state index contributed by atoms with van der Waals surface area (Å²) in [6, 6.07) is 4.21. The fourth-order valence-corrected chi connectivity index (χ4v) is 1.82. The van der Waals surface area contributed by atoms with Gasteiger partial charge < -0.3 is 15.8 Å². The third-order valence-electron chi connectivity index (χ3n) is 2.92. The van der Waals surface area contributed by atoms with Crippen molar-refractivity contribution in [1.82, 2.24) is 0 Å². The van der Waals surface area contributed by atoms with E-state index in [1.165, 1.54) is 25.3 Å². The summed E-state index contributed by atoms with van der Waals surface area (Å²) >= 11 is 0. The number of hydrogen-bond acceptors (Lipinski definition) is 5. The van der Waals surface area contributed by atoms with Crippen molar-refractivity contribution in [2.75, 3.05) is 12.4 Å². The molecule has 0 saturated carbocycles. The zero-order valence-corrected chi connectivity index (χ0v) is 11.8. The van der Waals surface area contributed by atoms with Gasteiger partial charge in [-0.15, -0.1) is 0 Å². The zero-order chi connectivity index (χ0) is 15.3. The molecule has 7 nitrogen and oxygen atoms in total. The Bertz CT molecular complexity index is 514. The maximum Gasteiger partial charge on any atom is 0.312 e. The third kappa shape index (κ3) is 3.67. The molecule has 0 heterocycles. The number of nitrogens with zero attached hydrogens (tertiary/aromatic N) is 1. The second-order valence-electron chi connectivity index (χ2n) is 4.77. The fourth-order valence-electron chi connectivity index (χ4n) is 1.82. The van der Waals surface area contributed by atoms with Gasteiger partial charge >= 0.3 is 5.69 Å². The van der Waals surface area contributed by atoms with Crippen LogP contribution in [0.25, 0.3) is 0 Å². The average Bonchev–Trinajstić information content (AvgIpc) is 2.38. The lowest BCUT2D eigenvalue weighted by atomic mass is 9.96. The van der Waals surface area contributed by atoms with Gasteiger partial charge in [0.15, 0.2) is 5.75 Å². The molecular weight excluding hydrogens is 262 g/mol. The van der Waals surface area contributed by atoms with E-state index in [-0.39, 0.29) is 17.3 Å². The number of nitrogens with one attached hydrogen (secondary N) is 1. The van der Waals surface area contributed by atoms with Crippen LogP contribution in [0.2, 0.25) is 0 Å². The second kappa shape index (κ2) is 6.33. The van der Waals surface area contributed by atoms with Crippen LogP contribution in [0.4, 0.5) is 11.4 Å². The van der Waals surface area contributed by atoms with Crippen molar-refractivity contribution in [2.24, 2.45) is 5.73 Å². The predicted molar refractivity (Wildman–Crippen MR) is 75.8 cm³/mol. The average molecular weight is 281 g/mol. The lowest BCUT2D eigenvalue weighted by molar-refractivity contribution is -0.385. The van der Waals surface area contributed by atoms with Crippen LogP contribution in [0.1, 0.15) is 26.7 Å². The van der Waals surface area contributed by atoms with Crippen molar-refractivity contribution in [3.8, 4) is 5.75 Å². The largest absolute Gasteiger partial charge is 0.490 e. The smallest absolute Gasteiger partial charge is 0.312 e. The van der Waals surface area contributed by atoms with Gasteiger partial charge in [0.25, 0.3) is 0 Å². The Labute approximate surface area is 117 Å². The Balaban J connectivity index is 2.96. The molecule has 1 amide bonds. The highest BCUT2D eigenvalue weighted by molar-refractivity contribution is 5.97. The Morgan fingerprint density at radius 1 is 1.55 bits per heavy atom. The van der Waals surface area contributed by atoms with Crippen molar-refractivity contribution in [3.05, 3.63) is 28.3 Å². The summed E-state index contributed by atoms with van der Waals surface area (Å²) < 4.78 is 4.89. The summed E-state index contributed by atoms with van der Waals surface area (Å²) in [7, 11) is 1.35. The van der Waals surface area contributed by atoms with Crippen molar-refractivity contribution >= 4 is 17.3 Å². The quantitative estimate of drug-likeness (QED) is 0.613. The summed E-state index contributed by atoms with van der Waals surface area (Å²) in [4.78, 5) is 22.4. The molecule has 0 aromatic heterocycles. The highest BCUT2D eigenvalue weighted by Crippen LogP contribution is 2.30. The predicted octanol–water partition coefficient (Wildman–Crippen LogP) is 2.06. The Kier molecular flexibility index (Phi) is 5.04. The molecule has 20 heavy (non-hydrogen) atoms. The zero-order valence-electron chi connectivity index (χ0n) is 11.8. The molecular formula is C13H19N3O4. The molecule has 0 aliphatic heterocycles. The molecule has 1 atom stereocenters. The molecule has 0 bridgehead atoms. The number of carbonyl (C=O) groups is 1. The number of methoxy groups -OCH3 is 1. The molecule has 1 aromatic carbocycles. The fraction of sp³-hybridized carbons (Fsp3) is 0.462. The summed E-state index contributed by atoms with van der Waals surface area (Å²) in [5.74, 6) is -0.240. The van der Waals surface area contributed by atoms with Gasteiger partial charge in [-0.05, 0) is 25.5 Å². The lowest BCUT2D eigenvalue weighted by Crippen LogP contribution is -2.48. The van der Waals surface area contributed by atoms with E-state index in [4.69, 9.17) is 10.5 Å². The van der Waals surface area contributed by atoms with Gasteiger partial charge in [0.1, 0.15) is 0 Å². The maximum atomic E-state index is 12.0. The van der Waals surface area contributed by atoms with Crippen LogP contribution in [-0.2, 0) is 4.79 Å². The second-order valence-corrected chi connectivity index (χ2v) is 4.77. The van der Waals surface area contributed by atoms with Gasteiger partial charge in [-0.25, -0.2) is 0 Å². The van der Waals surface area contributed by atoms with Gasteiger partial charge in [0.2, 0.25) is 5.91 Å². The molecule has 0 aliphatic rings. The minimum Gasteiger partial charge on any atom is -0.490 e. The van der Waals surface area contributed by atoms with Crippen LogP contribution in [-0.4, -0.2) is 23.5 Å². The third-order valence-corrected chi connectivity index (χ3v) is 2.92. The summed E-state index contributed by atoms with van der Waals surface area (Å²) in [6.07, 6.45) is 1.29. The van der Waals surface area contributed by atoms with Crippen LogP contribution in [0, 0.1) is 10.1 Å². The number of ether oxygens (including phenoxy) is 1.